The van der Waals surface area contributed by atoms with Crippen LogP contribution in [-0.4, -0.2) is 58.6 Å². The highest BCUT2D eigenvalue weighted by molar-refractivity contribution is 6.29. The van der Waals surface area contributed by atoms with Crippen LogP contribution in [0, 0.1) is 0 Å². The number of rotatable bonds is 10. The van der Waals surface area contributed by atoms with Gasteiger partial charge in [0.2, 0.25) is 12.2 Å². The van der Waals surface area contributed by atoms with Gasteiger partial charge in [0.15, 0.2) is 0 Å². The van der Waals surface area contributed by atoms with Gasteiger partial charge >= 0.3 is 17.9 Å². The number of carbonyl (C=O) groups excluding carboxylic acids is 3. The van der Waals surface area contributed by atoms with Gasteiger partial charge in [0.1, 0.15) is 0 Å². The van der Waals surface area contributed by atoms with Gasteiger partial charge in [-0.15, -0.1) is 0 Å². The van der Waals surface area contributed by atoms with Crippen LogP contribution in [0.15, 0.2) is 35.4 Å². The standard InChI is InChI=1S/C21H28ClNO7/c1-13(9-6-5-7-10-14(2)22)17-11-8-12-23(17)20(26)18(29-15(3)24)19(21(27)28)30-16(4)25/h6,9-10,17-19H,1,5,7-8,11-12H2,2-4H3,(H,27,28)/b9-6-,14-10+/t17?,18-,19-/m1/s1. The Bertz CT molecular complexity index is 740. The number of nitrogens with zero attached hydrogens (tertiary/aromatic N) is 1. The number of carbonyl (C=O) groups is 4. The quantitative estimate of drug-likeness (QED) is 0.315. The van der Waals surface area contributed by atoms with E-state index in [0.717, 1.165) is 26.7 Å². The molecule has 0 aromatic rings. The van der Waals surface area contributed by atoms with Gasteiger partial charge in [0, 0.05) is 25.4 Å². The fraction of sp³-hybridized carbons (Fsp3) is 0.524. The Morgan fingerprint density at radius 2 is 1.73 bits per heavy atom. The lowest BCUT2D eigenvalue weighted by molar-refractivity contribution is -0.183. The number of unbranched alkanes of at least 4 members (excludes halogenated alkanes) is 1. The molecule has 3 atom stereocenters. The van der Waals surface area contributed by atoms with E-state index in [0.29, 0.717) is 30.0 Å². The van der Waals surface area contributed by atoms with Gasteiger partial charge in [0.25, 0.3) is 5.91 Å². The van der Waals surface area contributed by atoms with Gasteiger partial charge in [0.05, 0.1) is 6.04 Å². The summed E-state index contributed by atoms with van der Waals surface area (Å²) in [6.45, 7) is 8.22. The number of hydrogen-bond acceptors (Lipinski definition) is 6. The Kier molecular flexibility index (Phi) is 10.3. The summed E-state index contributed by atoms with van der Waals surface area (Å²) >= 11 is 5.79. The minimum absolute atomic E-state index is 0.342. The highest BCUT2D eigenvalue weighted by Gasteiger charge is 2.44. The maximum atomic E-state index is 13.1. The third-order valence-corrected chi connectivity index (χ3v) is 4.56. The molecule has 1 amide bonds. The summed E-state index contributed by atoms with van der Waals surface area (Å²) in [5, 5.41) is 10.1. The van der Waals surface area contributed by atoms with Crippen LogP contribution in [-0.2, 0) is 28.7 Å². The zero-order valence-electron chi connectivity index (χ0n) is 17.4. The van der Waals surface area contributed by atoms with Crippen LogP contribution in [0.1, 0.15) is 46.5 Å². The fourth-order valence-electron chi connectivity index (χ4n) is 3.14. The van der Waals surface area contributed by atoms with Crippen molar-refractivity contribution in [1.82, 2.24) is 4.90 Å². The Hall–Kier alpha value is -2.61. The number of likely N-dealkylation sites (tertiary alicyclic amines) is 1. The second kappa shape index (κ2) is 12.2. The number of carboxylic acids is 1. The predicted octanol–water partition coefficient (Wildman–Crippen LogP) is 2.96. The molecule has 0 aromatic heterocycles. The molecule has 0 radical (unpaired) electrons. The topological polar surface area (TPSA) is 110 Å². The van der Waals surface area contributed by atoms with Crippen molar-refractivity contribution in [3.8, 4) is 0 Å². The number of aliphatic carboxylic acids is 1. The van der Waals surface area contributed by atoms with E-state index in [9.17, 15) is 24.3 Å². The molecule has 1 aliphatic rings. The number of hydrogen-bond donors (Lipinski definition) is 1. The average Bonchev–Trinajstić information content (AvgIpc) is 3.12. The largest absolute Gasteiger partial charge is 0.478 e. The van der Waals surface area contributed by atoms with Crippen molar-refractivity contribution < 1.29 is 33.8 Å². The molecule has 30 heavy (non-hydrogen) atoms. The SMILES string of the molecule is C=C(/C=C\CC/C=C(\C)Cl)C1CCCN1C(=O)[C@H](OC(C)=O)[C@@H](OC(C)=O)C(=O)O. The molecule has 1 saturated heterocycles. The zero-order chi connectivity index (χ0) is 22.8. The van der Waals surface area contributed by atoms with Crippen LogP contribution in [0.25, 0.3) is 0 Å². The van der Waals surface area contributed by atoms with Crippen LogP contribution in [0.5, 0.6) is 0 Å². The molecule has 1 rings (SSSR count). The van der Waals surface area contributed by atoms with Crippen LogP contribution < -0.4 is 0 Å². The molecular weight excluding hydrogens is 414 g/mol. The van der Waals surface area contributed by atoms with E-state index in [1.807, 2.05) is 18.2 Å². The Morgan fingerprint density at radius 3 is 2.27 bits per heavy atom. The van der Waals surface area contributed by atoms with Crippen LogP contribution in [0.2, 0.25) is 0 Å². The molecule has 1 unspecified atom stereocenters. The molecule has 0 spiro atoms. The molecule has 9 heteroatoms. The predicted molar refractivity (Wildman–Crippen MR) is 111 cm³/mol. The Morgan fingerprint density at radius 1 is 1.13 bits per heavy atom. The van der Waals surface area contributed by atoms with Crippen LogP contribution in [0.3, 0.4) is 0 Å². The summed E-state index contributed by atoms with van der Waals surface area (Å²) in [5.74, 6) is -4.08. The maximum absolute atomic E-state index is 13.1. The molecule has 0 saturated carbocycles. The van der Waals surface area contributed by atoms with E-state index >= 15 is 0 Å². The minimum Gasteiger partial charge on any atom is -0.478 e. The van der Waals surface area contributed by atoms with Crippen molar-refractivity contribution in [2.24, 2.45) is 0 Å². The van der Waals surface area contributed by atoms with Crippen molar-refractivity contribution in [1.29, 1.82) is 0 Å². The number of amides is 1. The van der Waals surface area contributed by atoms with Crippen molar-refractivity contribution in [3.05, 3.63) is 35.4 Å². The lowest BCUT2D eigenvalue weighted by atomic mass is 10.0. The van der Waals surface area contributed by atoms with Gasteiger partial charge in [-0.25, -0.2) is 4.79 Å². The molecule has 8 nitrogen and oxygen atoms in total. The van der Waals surface area contributed by atoms with Crippen molar-refractivity contribution in [3.63, 3.8) is 0 Å². The van der Waals surface area contributed by atoms with E-state index < -0.39 is 36.0 Å². The first-order valence-corrected chi connectivity index (χ1v) is 9.97. The summed E-state index contributed by atoms with van der Waals surface area (Å²) in [6, 6.07) is -0.371. The average molecular weight is 442 g/mol. The summed E-state index contributed by atoms with van der Waals surface area (Å²) in [7, 11) is 0. The number of esters is 2. The normalized spacial score (nSPS) is 18.7. The number of allylic oxidation sites excluding steroid dienone is 3. The van der Waals surface area contributed by atoms with E-state index in [1.165, 1.54) is 4.90 Å². The van der Waals surface area contributed by atoms with Crippen LogP contribution >= 0.6 is 11.6 Å². The lowest BCUT2D eigenvalue weighted by Crippen LogP contribution is -2.52. The summed E-state index contributed by atoms with van der Waals surface area (Å²) < 4.78 is 9.70. The van der Waals surface area contributed by atoms with Gasteiger partial charge in [-0.05, 0) is 38.2 Å². The number of carboxylic acid groups (broad SMARTS) is 1. The van der Waals surface area contributed by atoms with Gasteiger partial charge in [-0.2, -0.15) is 0 Å². The molecular formula is C21H28ClNO7. The van der Waals surface area contributed by atoms with E-state index in [-0.39, 0.29) is 6.04 Å². The summed E-state index contributed by atoms with van der Waals surface area (Å²) in [5.41, 5.74) is 0.674. The first-order valence-electron chi connectivity index (χ1n) is 9.60. The highest BCUT2D eigenvalue weighted by Crippen LogP contribution is 2.26. The fourth-order valence-corrected chi connectivity index (χ4v) is 3.25. The van der Waals surface area contributed by atoms with Gasteiger partial charge < -0.3 is 19.5 Å². The second-order valence-corrected chi connectivity index (χ2v) is 7.53. The third-order valence-electron chi connectivity index (χ3n) is 4.40. The van der Waals surface area contributed by atoms with Gasteiger partial charge in [-0.3, -0.25) is 14.4 Å². The maximum Gasteiger partial charge on any atom is 0.349 e. The Balaban J connectivity index is 2.98. The summed E-state index contributed by atoms with van der Waals surface area (Å²) in [6.07, 6.45) is 4.73. The van der Waals surface area contributed by atoms with Gasteiger partial charge in [-0.1, -0.05) is 36.4 Å². The van der Waals surface area contributed by atoms with Crippen molar-refractivity contribution in [2.75, 3.05) is 6.54 Å². The minimum atomic E-state index is -1.94. The highest BCUT2D eigenvalue weighted by atomic mass is 35.5. The van der Waals surface area contributed by atoms with Crippen LogP contribution in [0.4, 0.5) is 0 Å². The first-order chi connectivity index (χ1) is 14.0. The monoisotopic (exact) mass is 441 g/mol. The summed E-state index contributed by atoms with van der Waals surface area (Å²) in [4.78, 5) is 48.8. The lowest BCUT2D eigenvalue weighted by Gasteiger charge is -2.30. The molecule has 0 bridgehead atoms. The van der Waals surface area contributed by atoms with E-state index in [4.69, 9.17) is 21.1 Å². The van der Waals surface area contributed by atoms with Crippen molar-refractivity contribution in [2.45, 2.75) is 64.7 Å². The van der Waals surface area contributed by atoms with E-state index in [1.54, 1.807) is 6.92 Å². The molecule has 1 N–H and O–H groups in total. The third kappa shape index (κ3) is 8.02. The Labute approximate surface area is 181 Å². The second-order valence-electron chi connectivity index (χ2n) is 6.93. The zero-order valence-corrected chi connectivity index (χ0v) is 18.2. The van der Waals surface area contributed by atoms with Crippen molar-refractivity contribution >= 4 is 35.4 Å². The molecule has 1 heterocycles. The molecule has 166 valence electrons. The molecule has 0 aromatic carbocycles. The molecule has 1 aliphatic heterocycles. The molecule has 1 fully saturated rings. The van der Waals surface area contributed by atoms with E-state index in [2.05, 4.69) is 6.58 Å². The number of ether oxygens (including phenoxy) is 2. The first kappa shape index (κ1) is 25.4. The molecule has 0 aliphatic carbocycles. The smallest absolute Gasteiger partial charge is 0.349 e. The number of halogens is 1.